The van der Waals surface area contributed by atoms with E-state index in [-0.39, 0.29) is 43.1 Å². The van der Waals surface area contributed by atoms with E-state index in [1.165, 1.54) is 18.5 Å². The molecule has 1 aromatic carbocycles. The summed E-state index contributed by atoms with van der Waals surface area (Å²) in [5.41, 5.74) is 13.1. The Kier molecular flexibility index (Phi) is 6.17. The van der Waals surface area contributed by atoms with Gasteiger partial charge in [0.15, 0.2) is 11.5 Å². The number of anilines is 2. The highest BCUT2D eigenvalue weighted by Crippen LogP contribution is 2.22. The second-order valence-electron chi connectivity index (χ2n) is 7.69. The van der Waals surface area contributed by atoms with Gasteiger partial charge in [0.2, 0.25) is 11.9 Å². The quantitative estimate of drug-likeness (QED) is 0.331. The van der Waals surface area contributed by atoms with E-state index in [2.05, 4.69) is 20.3 Å². The van der Waals surface area contributed by atoms with E-state index in [0.717, 1.165) is 5.56 Å². The average Bonchev–Trinajstić information content (AvgIpc) is 3.16. The average molecular weight is 445 g/mol. The number of aliphatic hydroxyl groups is 2. The normalized spacial score (nSPS) is 23.3. The van der Waals surface area contributed by atoms with Crippen molar-refractivity contribution in [2.24, 2.45) is 0 Å². The molecule has 1 aliphatic heterocycles. The second-order valence-corrected chi connectivity index (χ2v) is 7.69. The molecule has 1 saturated heterocycles. The van der Waals surface area contributed by atoms with Gasteiger partial charge in [0.25, 0.3) is 0 Å². The Morgan fingerprint density at radius 3 is 2.72 bits per heavy atom. The Morgan fingerprint density at radius 1 is 1.22 bits per heavy atom. The first-order valence-electron chi connectivity index (χ1n) is 10.1. The van der Waals surface area contributed by atoms with Crippen LogP contribution >= 0.6 is 0 Å². The van der Waals surface area contributed by atoms with Crippen LogP contribution in [-0.4, -0.2) is 66.6 Å². The first-order valence-corrected chi connectivity index (χ1v) is 10.1. The van der Waals surface area contributed by atoms with Crippen LogP contribution in [0.2, 0.25) is 0 Å². The predicted molar refractivity (Wildman–Crippen MR) is 113 cm³/mol. The number of amides is 1. The number of halogens is 1. The molecule has 0 spiro atoms. The molecule has 0 bridgehead atoms. The van der Waals surface area contributed by atoms with Crippen molar-refractivity contribution in [3.8, 4) is 0 Å². The van der Waals surface area contributed by atoms with Crippen molar-refractivity contribution in [2.45, 2.75) is 43.7 Å². The van der Waals surface area contributed by atoms with E-state index >= 15 is 0 Å². The maximum atomic E-state index is 13.0. The zero-order valence-electron chi connectivity index (χ0n) is 17.1. The minimum atomic E-state index is -1.26. The second kappa shape index (κ2) is 9.02. The first-order chi connectivity index (χ1) is 15.3. The van der Waals surface area contributed by atoms with E-state index in [1.54, 1.807) is 16.7 Å². The number of imidazole rings is 1. The first kappa shape index (κ1) is 21.9. The van der Waals surface area contributed by atoms with Crippen LogP contribution in [0.4, 0.5) is 16.2 Å². The number of carbonyl (C=O) groups is 1. The van der Waals surface area contributed by atoms with Gasteiger partial charge >= 0.3 is 0 Å². The summed E-state index contributed by atoms with van der Waals surface area (Å²) in [6.07, 6.45) is -1.23. The van der Waals surface area contributed by atoms with Crippen molar-refractivity contribution in [1.82, 2.24) is 24.8 Å². The number of ether oxygens (including phenoxy) is 1. The molecule has 3 heterocycles. The molecule has 1 aliphatic rings. The third kappa shape index (κ3) is 4.61. The Morgan fingerprint density at radius 2 is 1.97 bits per heavy atom. The Balaban J connectivity index is 1.34. The largest absolute Gasteiger partial charge is 0.388 e. The topological polar surface area (TPSA) is 174 Å². The van der Waals surface area contributed by atoms with Crippen LogP contribution in [0, 0.1) is 5.82 Å². The fraction of sp³-hybridized carbons (Fsp3) is 0.400. The summed E-state index contributed by atoms with van der Waals surface area (Å²) >= 11 is 0. The number of nitrogens with zero attached hydrogens (tertiary/aromatic N) is 4. The fourth-order valence-corrected chi connectivity index (χ4v) is 3.72. The number of aliphatic hydroxyl groups excluding tert-OH is 2. The summed E-state index contributed by atoms with van der Waals surface area (Å²) in [7, 11) is 0. The van der Waals surface area contributed by atoms with Crippen LogP contribution < -0.4 is 16.8 Å². The highest BCUT2D eigenvalue weighted by Gasteiger charge is 2.39. The lowest BCUT2D eigenvalue weighted by Crippen LogP contribution is -2.59. The number of fused-ring (bicyclic) bond motifs is 1. The highest BCUT2D eigenvalue weighted by atomic mass is 19.1. The summed E-state index contributed by atoms with van der Waals surface area (Å²) in [5.74, 6) is -0.507. The smallest absolute Gasteiger partial charge is 0.224 e. The molecule has 170 valence electrons. The molecule has 3 aromatic rings. The Hall–Kier alpha value is -3.35. The van der Waals surface area contributed by atoms with Gasteiger partial charge in [-0.1, -0.05) is 12.1 Å². The molecule has 4 atom stereocenters. The number of benzene rings is 1. The molecule has 12 heteroatoms. The molecule has 0 aliphatic carbocycles. The van der Waals surface area contributed by atoms with E-state index in [4.69, 9.17) is 16.2 Å². The summed E-state index contributed by atoms with van der Waals surface area (Å²) in [4.78, 5) is 24.3. The molecule has 0 unspecified atom stereocenters. The van der Waals surface area contributed by atoms with Crippen LogP contribution in [0.15, 0.2) is 30.6 Å². The predicted octanol–water partition coefficient (Wildman–Crippen LogP) is -0.632. The number of nitrogens with two attached hydrogens (primary N) is 2. The minimum absolute atomic E-state index is 0.00244. The minimum Gasteiger partial charge on any atom is -0.388 e. The van der Waals surface area contributed by atoms with Crippen molar-refractivity contribution < 1.29 is 24.1 Å². The van der Waals surface area contributed by atoms with E-state index in [9.17, 15) is 19.4 Å². The van der Waals surface area contributed by atoms with Crippen LogP contribution in [0.5, 0.6) is 0 Å². The highest BCUT2D eigenvalue weighted by molar-refractivity contribution is 5.82. The number of hydrogen-bond acceptors (Lipinski definition) is 9. The number of nitrogen functional groups attached to an aromatic ring is 2. The van der Waals surface area contributed by atoms with Crippen LogP contribution in [0.25, 0.3) is 11.2 Å². The van der Waals surface area contributed by atoms with Crippen LogP contribution in [0.1, 0.15) is 12.0 Å². The van der Waals surface area contributed by atoms with Gasteiger partial charge in [-0.15, -0.1) is 0 Å². The van der Waals surface area contributed by atoms with E-state index in [0.29, 0.717) is 17.6 Å². The van der Waals surface area contributed by atoms with Crippen molar-refractivity contribution in [3.05, 3.63) is 42.0 Å². The molecule has 4 rings (SSSR count). The number of nitrogens with one attached hydrogen (secondary N) is 1. The van der Waals surface area contributed by atoms with Crippen LogP contribution in [0.3, 0.4) is 0 Å². The standard InChI is InChI=1S/C20H24FN7O4/c21-11-4-1-10(2-5-11)3-6-14(29)25-12-8-32-13(17(31)16(12)30)7-28-9-24-19-15(28)18(22)26-20(23)27-19/h1-2,4-5,9,12-13,16-17,30-31H,3,6-8H2,(H,25,29)(H4,22,23,26,27)/t12-,13-,16+,17-/m1/s1. The van der Waals surface area contributed by atoms with Gasteiger partial charge in [-0.25, -0.2) is 9.37 Å². The van der Waals surface area contributed by atoms with Gasteiger partial charge in [0.05, 0.1) is 25.5 Å². The maximum absolute atomic E-state index is 13.0. The molecule has 1 amide bonds. The number of aromatic nitrogens is 4. The molecular weight excluding hydrogens is 421 g/mol. The Bertz CT molecular complexity index is 1110. The van der Waals surface area contributed by atoms with Crippen molar-refractivity contribution in [1.29, 1.82) is 0 Å². The molecule has 0 saturated carbocycles. The van der Waals surface area contributed by atoms with Gasteiger partial charge in [-0.2, -0.15) is 9.97 Å². The summed E-state index contributed by atoms with van der Waals surface area (Å²) < 4.78 is 20.3. The van der Waals surface area contributed by atoms with Crippen molar-refractivity contribution in [3.63, 3.8) is 0 Å². The third-order valence-corrected chi connectivity index (χ3v) is 5.43. The summed E-state index contributed by atoms with van der Waals surface area (Å²) in [6, 6.07) is 5.12. The molecular formula is C20H24FN7O4. The number of hydrogen-bond donors (Lipinski definition) is 5. The molecule has 32 heavy (non-hydrogen) atoms. The van der Waals surface area contributed by atoms with Gasteiger partial charge in [0, 0.05) is 6.42 Å². The third-order valence-electron chi connectivity index (χ3n) is 5.43. The van der Waals surface area contributed by atoms with Gasteiger partial charge in [-0.3, -0.25) is 4.79 Å². The van der Waals surface area contributed by atoms with Gasteiger partial charge < -0.3 is 36.3 Å². The zero-order valence-corrected chi connectivity index (χ0v) is 17.1. The lowest BCUT2D eigenvalue weighted by atomic mass is 9.97. The lowest BCUT2D eigenvalue weighted by Gasteiger charge is -2.38. The van der Waals surface area contributed by atoms with Crippen molar-refractivity contribution >= 4 is 28.8 Å². The Labute approximate surface area is 182 Å². The maximum Gasteiger partial charge on any atom is 0.224 e. The summed E-state index contributed by atoms with van der Waals surface area (Å²) in [5, 5.41) is 23.8. The SMILES string of the molecule is Nc1nc(N)c2c(ncn2C[C@H]2OC[C@@H](NC(=O)CCc3ccc(F)cc3)[C@H](O)[C@@H]2O)n1. The van der Waals surface area contributed by atoms with E-state index < -0.39 is 24.4 Å². The van der Waals surface area contributed by atoms with Crippen LogP contribution in [-0.2, 0) is 22.5 Å². The van der Waals surface area contributed by atoms with Gasteiger partial charge in [0.1, 0.15) is 29.6 Å². The molecule has 1 fully saturated rings. The zero-order chi connectivity index (χ0) is 22.8. The number of rotatable bonds is 6. The van der Waals surface area contributed by atoms with Crippen molar-refractivity contribution in [2.75, 3.05) is 18.1 Å². The lowest BCUT2D eigenvalue weighted by molar-refractivity contribution is -0.158. The van der Waals surface area contributed by atoms with Gasteiger partial charge in [-0.05, 0) is 24.1 Å². The molecule has 2 aromatic heterocycles. The fourth-order valence-electron chi connectivity index (χ4n) is 3.72. The molecule has 11 nitrogen and oxygen atoms in total. The van der Waals surface area contributed by atoms with E-state index in [1.807, 2.05) is 0 Å². The monoisotopic (exact) mass is 445 g/mol. The number of carbonyl (C=O) groups excluding carboxylic acids is 1. The number of aryl methyl sites for hydroxylation is 1. The summed E-state index contributed by atoms with van der Waals surface area (Å²) in [6.45, 7) is 0.147. The molecule has 0 radical (unpaired) electrons. The molecule has 7 N–H and O–H groups in total.